The van der Waals surface area contributed by atoms with Gasteiger partial charge >= 0.3 is 13.5 Å². The molecular weight excluding hydrogens is 858 g/mol. The van der Waals surface area contributed by atoms with Gasteiger partial charge in [-0.25, -0.2) is 0 Å². The molecule has 346 valence electrons. The Hall–Kier alpha value is -8.01. The summed E-state index contributed by atoms with van der Waals surface area (Å²) < 4.78 is 40.3. The molecule has 0 saturated carbocycles. The summed E-state index contributed by atoms with van der Waals surface area (Å²) in [5.41, 5.74) is 10.2. The highest BCUT2D eigenvalue weighted by atomic mass is 16.9. The van der Waals surface area contributed by atoms with Gasteiger partial charge < -0.3 is 28.5 Å². The van der Waals surface area contributed by atoms with Crippen molar-refractivity contribution in [1.82, 2.24) is 19.9 Å². The molecule has 4 aromatic heterocycles. The van der Waals surface area contributed by atoms with Crippen LogP contribution in [0.5, 0.6) is 0 Å². The van der Waals surface area contributed by atoms with Gasteiger partial charge in [-0.15, -0.1) is 30.9 Å². The van der Waals surface area contributed by atoms with Crippen molar-refractivity contribution in [2.75, 3.05) is 0 Å². The van der Waals surface area contributed by atoms with E-state index in [-0.39, 0.29) is 0 Å². The van der Waals surface area contributed by atoms with E-state index in [1.165, 1.54) is 0 Å². The summed E-state index contributed by atoms with van der Waals surface area (Å²) in [5, 5.41) is 28.8. The fraction of sp³-hybridized carbons (Fsp3) is 0.240. The number of aromatic nitrogens is 4. The minimum atomic E-state index is -3.25. The Kier molecular flexibility index (Phi) is 14.7. The smallest absolute Gasteiger partial charge is 0.536 e. The van der Waals surface area contributed by atoms with Gasteiger partial charge in [0.05, 0.1) is 34.3 Å². The van der Waals surface area contributed by atoms with E-state index in [9.17, 15) is 0 Å². The molecule has 0 fully saturated rings. The van der Waals surface area contributed by atoms with Gasteiger partial charge in [0.1, 0.15) is 0 Å². The van der Waals surface area contributed by atoms with Crippen LogP contribution >= 0.6 is 0 Å². The van der Waals surface area contributed by atoms with Gasteiger partial charge in [-0.1, -0.05) is 76.7 Å². The van der Waals surface area contributed by atoms with E-state index >= 15 is 0 Å². The van der Waals surface area contributed by atoms with Gasteiger partial charge in [-0.2, -0.15) is 0 Å². The second-order valence-electron chi connectivity index (χ2n) is 15.9. The van der Waals surface area contributed by atoms with Crippen molar-refractivity contribution in [2.45, 2.75) is 80.1 Å². The number of fused-ring (bicyclic) bond motifs is 9. The largest absolute Gasteiger partial charge is 0.640 e. The predicted octanol–water partition coefficient (Wildman–Crippen LogP) is 9.65. The molecule has 0 atom stereocenters. The molecule has 68 heavy (non-hydrogen) atoms. The van der Waals surface area contributed by atoms with Crippen LogP contribution in [0.2, 0.25) is 0 Å². The summed E-state index contributed by atoms with van der Waals surface area (Å²) in [6.07, 6.45) is 16.0. The minimum Gasteiger partial charge on any atom is -0.536 e. The first kappa shape index (κ1) is 46.5. The SMILES string of the molecule is CCC1=NO[B-]2(c3cc(-c4ccncc4)cc(-c4ccncc4)c3)O/N=C(CC)/C(CC)=N/O[B-](c3cc(-c4ccncc4)cc(-c4ccncc4)c3)(O/N=C/1CC)O/N=C(CC)/C(CC)=N/O2. The van der Waals surface area contributed by atoms with Gasteiger partial charge in [-0.3, -0.25) is 19.9 Å². The second kappa shape index (κ2) is 21.5. The van der Waals surface area contributed by atoms with E-state index in [1.807, 2.05) is 114 Å². The summed E-state index contributed by atoms with van der Waals surface area (Å²) in [4.78, 5) is 17.1. The van der Waals surface area contributed by atoms with E-state index in [2.05, 4.69) is 32.1 Å². The third kappa shape index (κ3) is 10.2. The summed E-state index contributed by atoms with van der Waals surface area (Å²) in [5.74, 6) is 0. The van der Waals surface area contributed by atoms with Crippen LogP contribution in [-0.4, -0.2) is 67.7 Å². The van der Waals surface area contributed by atoms with E-state index < -0.39 is 13.5 Å². The van der Waals surface area contributed by atoms with Gasteiger partial charge in [0, 0.05) is 49.6 Å². The Balaban J connectivity index is 1.42. The normalized spacial score (nSPS) is 22.5. The van der Waals surface area contributed by atoms with Crippen LogP contribution in [0.15, 0.2) is 165 Å². The van der Waals surface area contributed by atoms with Crippen LogP contribution < -0.4 is 10.9 Å². The fourth-order valence-electron chi connectivity index (χ4n) is 7.76. The lowest BCUT2D eigenvalue weighted by Crippen LogP contribution is -2.55. The maximum Gasteiger partial charge on any atom is 0.640 e. The number of pyridine rings is 4. The molecule has 2 bridgehead atoms. The number of benzene rings is 2. The lowest BCUT2D eigenvalue weighted by Gasteiger charge is -2.38. The molecule has 18 heteroatoms. The quantitative estimate of drug-likeness (QED) is 0.107. The Bertz CT molecular complexity index is 2460. The zero-order chi connectivity index (χ0) is 47.4. The highest BCUT2D eigenvalue weighted by Crippen LogP contribution is 2.30. The van der Waals surface area contributed by atoms with Crippen molar-refractivity contribution in [1.29, 1.82) is 0 Å². The van der Waals surface area contributed by atoms with Crippen LogP contribution in [0.1, 0.15) is 80.1 Å². The molecule has 3 aliphatic rings. The first-order valence-electron chi connectivity index (χ1n) is 23.0. The monoisotopic (exact) mass is 910 g/mol. The van der Waals surface area contributed by atoms with Crippen LogP contribution in [0, 0.1) is 0 Å². The molecule has 0 spiro atoms. The zero-order valence-corrected chi connectivity index (χ0v) is 39.0. The molecule has 16 nitrogen and oxygen atoms in total. The molecule has 0 unspecified atom stereocenters. The summed E-state index contributed by atoms with van der Waals surface area (Å²) >= 11 is 0. The number of oxime groups is 6. The molecule has 0 N–H and O–H groups in total. The molecule has 9 rings (SSSR count). The lowest BCUT2D eigenvalue weighted by atomic mass is 9.68. The van der Waals surface area contributed by atoms with E-state index in [0.717, 1.165) is 44.5 Å². The molecule has 6 aromatic rings. The third-order valence-electron chi connectivity index (χ3n) is 11.6. The van der Waals surface area contributed by atoms with Crippen LogP contribution in [-0.2, 0) is 28.5 Å². The van der Waals surface area contributed by atoms with Crippen molar-refractivity contribution in [3.05, 3.63) is 135 Å². The summed E-state index contributed by atoms with van der Waals surface area (Å²) in [6.45, 7) is 5.10. The first-order chi connectivity index (χ1) is 33.3. The highest BCUT2D eigenvalue weighted by molar-refractivity contribution is 6.76. The minimum absolute atomic E-state index is 0.357. The van der Waals surface area contributed by atoms with Gasteiger partial charge in [0.2, 0.25) is 0 Å². The first-order valence-corrected chi connectivity index (χ1v) is 23.0. The second-order valence-corrected chi connectivity index (χ2v) is 15.9. The van der Waals surface area contributed by atoms with Crippen molar-refractivity contribution >= 4 is 58.7 Å². The summed E-state index contributed by atoms with van der Waals surface area (Å²) in [6, 6.07) is 27.2. The predicted molar refractivity (Wildman–Crippen MR) is 269 cm³/mol. The van der Waals surface area contributed by atoms with E-state index in [1.54, 1.807) is 49.6 Å². The average molecular weight is 911 g/mol. The molecule has 3 aliphatic heterocycles. The molecule has 0 saturated heterocycles. The van der Waals surface area contributed by atoms with Crippen LogP contribution in [0.4, 0.5) is 0 Å². The van der Waals surface area contributed by atoms with Gasteiger partial charge in [0.25, 0.3) is 0 Å². The number of hydrogen-bond donors (Lipinski definition) is 0. The maximum atomic E-state index is 6.72. The molecular formula is C50H52B2N10O6-2. The van der Waals surface area contributed by atoms with Crippen molar-refractivity contribution in [3.8, 4) is 44.5 Å². The molecule has 0 radical (unpaired) electrons. The highest BCUT2D eigenvalue weighted by Gasteiger charge is 2.44. The van der Waals surface area contributed by atoms with E-state index in [0.29, 0.717) is 83.7 Å². The fourth-order valence-corrected chi connectivity index (χ4v) is 7.76. The van der Waals surface area contributed by atoms with Crippen molar-refractivity contribution in [3.63, 3.8) is 0 Å². The lowest BCUT2D eigenvalue weighted by molar-refractivity contribution is 0.0764. The average Bonchev–Trinajstić information content (AvgIpc) is 3.41. The Morgan fingerprint density at radius 3 is 0.647 bits per heavy atom. The van der Waals surface area contributed by atoms with E-state index in [4.69, 9.17) is 59.5 Å². The van der Waals surface area contributed by atoms with Gasteiger partial charge in [0.15, 0.2) is 0 Å². The van der Waals surface area contributed by atoms with Crippen LogP contribution in [0.25, 0.3) is 44.5 Å². The Morgan fingerprint density at radius 1 is 0.279 bits per heavy atom. The van der Waals surface area contributed by atoms with Crippen molar-refractivity contribution < 1.29 is 28.5 Å². The Morgan fingerprint density at radius 2 is 0.471 bits per heavy atom. The number of hydrogen-bond acceptors (Lipinski definition) is 16. The summed E-state index contributed by atoms with van der Waals surface area (Å²) in [7, 11) is 0. The van der Waals surface area contributed by atoms with Crippen LogP contribution in [0.3, 0.4) is 0 Å². The van der Waals surface area contributed by atoms with Gasteiger partial charge in [-0.05, 0) is 144 Å². The topological polar surface area (TPSA) is 181 Å². The molecule has 0 aliphatic carbocycles. The van der Waals surface area contributed by atoms with Crippen molar-refractivity contribution in [2.24, 2.45) is 30.9 Å². The zero-order valence-electron chi connectivity index (χ0n) is 39.0. The Labute approximate surface area is 395 Å². The molecule has 2 aromatic carbocycles. The molecule has 7 heterocycles. The number of nitrogens with zero attached hydrogens (tertiary/aromatic N) is 10. The third-order valence-corrected chi connectivity index (χ3v) is 11.6. The maximum absolute atomic E-state index is 6.72. The number of rotatable bonds is 12. The standard InChI is InChI=1S/C50H52B2N10O6/c1-7-45-46(8-2)58-64-52(44-33-41(37-17-25-55-26-18-37)30-42(34-44)38-19-27-56-28-20-38)67-61-49(11-5)47(9-3)59-65-51(63-57-45,66-60-48(10-4)50(12-6)62-68-52)43-31-39(35-13-21-53-22-14-35)29-40(32-43)36-15-23-54-24-16-36/h13-34H,7-12H2,1-6H3/q-2/b57-45+,58-46+,59-47+,60-48+,61-49+,62-50?. The molecule has 0 amide bonds.